The average Bonchev–Trinajstić information content (AvgIpc) is 3.25. The summed E-state index contributed by atoms with van der Waals surface area (Å²) in [5.74, 6) is 0.870. The Balaban J connectivity index is 1.61. The summed E-state index contributed by atoms with van der Waals surface area (Å²) in [5.41, 5.74) is 15.9. The lowest BCUT2D eigenvalue weighted by atomic mass is 10.1. The maximum atomic E-state index is 12.2. The van der Waals surface area contributed by atoms with Gasteiger partial charge in [-0.15, -0.1) is 0 Å². The highest BCUT2D eigenvalue weighted by Gasteiger charge is 2.22. The zero-order chi connectivity index (χ0) is 20.0. The van der Waals surface area contributed by atoms with Crippen molar-refractivity contribution in [3.05, 3.63) is 78.4 Å². The summed E-state index contributed by atoms with van der Waals surface area (Å²) < 4.78 is 7.53. The normalized spacial score (nSPS) is 11.2. The molecule has 0 aliphatic heterocycles. The van der Waals surface area contributed by atoms with E-state index in [1.54, 1.807) is 10.6 Å². The van der Waals surface area contributed by atoms with Crippen LogP contribution in [0.4, 0.5) is 5.69 Å². The second kappa shape index (κ2) is 6.42. The first-order valence-electron chi connectivity index (χ1n) is 9.03. The van der Waals surface area contributed by atoms with E-state index in [-0.39, 0.29) is 0 Å². The number of aromatic amines is 1. The topological polar surface area (TPSA) is 111 Å². The van der Waals surface area contributed by atoms with Gasteiger partial charge in [-0.05, 0) is 48.5 Å². The standard InChI is InChI=1S/C22H17N5O2/c23-16-7-4-8-17-20(16)27-22(25-17)18(21(24)28)19(26-27)13-9-11-15(12-10-13)29-14-5-2-1-3-6-14/h1-12,26H,23H2,(H2,24,28). The first kappa shape index (κ1) is 16.9. The van der Waals surface area contributed by atoms with Gasteiger partial charge in [0.05, 0.1) is 16.9 Å². The molecule has 29 heavy (non-hydrogen) atoms. The molecule has 5 aromatic rings. The molecule has 0 bridgehead atoms. The molecule has 0 aliphatic carbocycles. The number of benzene rings is 3. The fourth-order valence-corrected chi connectivity index (χ4v) is 3.47. The lowest BCUT2D eigenvalue weighted by Crippen LogP contribution is -2.12. The van der Waals surface area contributed by atoms with Gasteiger partial charge in [0, 0.05) is 5.56 Å². The number of nitrogens with one attached hydrogen (secondary N) is 1. The number of anilines is 1. The number of nitrogens with zero attached hydrogens (tertiary/aromatic N) is 2. The minimum atomic E-state index is -0.565. The number of aromatic nitrogens is 3. The number of carbonyl (C=O) groups is 1. The number of para-hydroxylation sites is 2. The number of rotatable bonds is 4. The number of hydrogen-bond acceptors (Lipinski definition) is 4. The van der Waals surface area contributed by atoms with Crippen molar-refractivity contribution in [3.63, 3.8) is 0 Å². The van der Waals surface area contributed by atoms with Gasteiger partial charge in [0.25, 0.3) is 5.91 Å². The number of nitrogens with two attached hydrogens (primary N) is 2. The smallest absolute Gasteiger partial charge is 0.254 e. The fraction of sp³-hybridized carbons (Fsp3) is 0. The summed E-state index contributed by atoms with van der Waals surface area (Å²) in [7, 11) is 0. The van der Waals surface area contributed by atoms with E-state index in [9.17, 15) is 4.79 Å². The van der Waals surface area contributed by atoms with Crippen LogP contribution in [0.3, 0.4) is 0 Å². The molecule has 0 radical (unpaired) electrons. The molecule has 0 fully saturated rings. The van der Waals surface area contributed by atoms with Crippen molar-refractivity contribution in [2.24, 2.45) is 5.73 Å². The molecule has 2 heterocycles. The molecule has 0 spiro atoms. The Kier molecular flexibility index (Phi) is 3.74. The zero-order valence-corrected chi connectivity index (χ0v) is 15.3. The van der Waals surface area contributed by atoms with Gasteiger partial charge in [-0.3, -0.25) is 9.89 Å². The maximum Gasteiger partial charge on any atom is 0.254 e. The average molecular weight is 383 g/mol. The number of H-pyrrole nitrogens is 1. The van der Waals surface area contributed by atoms with Crippen molar-refractivity contribution in [1.29, 1.82) is 0 Å². The highest BCUT2D eigenvalue weighted by molar-refractivity contribution is 6.07. The van der Waals surface area contributed by atoms with Crippen molar-refractivity contribution >= 4 is 28.3 Å². The van der Waals surface area contributed by atoms with Gasteiger partial charge in [0.15, 0.2) is 5.65 Å². The number of nitrogen functional groups attached to an aromatic ring is 1. The highest BCUT2D eigenvalue weighted by atomic mass is 16.5. The van der Waals surface area contributed by atoms with Gasteiger partial charge >= 0.3 is 0 Å². The molecule has 2 aromatic heterocycles. The van der Waals surface area contributed by atoms with Crippen LogP contribution >= 0.6 is 0 Å². The summed E-state index contributed by atoms with van der Waals surface area (Å²) in [4.78, 5) is 16.8. The Labute approximate surface area is 165 Å². The van der Waals surface area contributed by atoms with E-state index >= 15 is 0 Å². The van der Waals surface area contributed by atoms with Crippen molar-refractivity contribution in [2.45, 2.75) is 0 Å². The third-order valence-corrected chi connectivity index (χ3v) is 4.77. The Morgan fingerprint density at radius 1 is 0.931 bits per heavy atom. The van der Waals surface area contributed by atoms with Gasteiger partial charge in [0.2, 0.25) is 0 Å². The third-order valence-electron chi connectivity index (χ3n) is 4.77. The Bertz CT molecular complexity index is 1350. The molecular weight excluding hydrogens is 366 g/mol. The monoisotopic (exact) mass is 383 g/mol. The van der Waals surface area contributed by atoms with Crippen LogP contribution in [0, 0.1) is 0 Å². The lowest BCUT2D eigenvalue weighted by molar-refractivity contribution is 0.100. The number of imidazole rings is 1. The van der Waals surface area contributed by atoms with Crippen molar-refractivity contribution in [1.82, 2.24) is 14.6 Å². The summed E-state index contributed by atoms with van der Waals surface area (Å²) in [6, 6.07) is 22.4. The first-order valence-corrected chi connectivity index (χ1v) is 9.03. The van der Waals surface area contributed by atoms with Crippen LogP contribution in [-0.4, -0.2) is 20.5 Å². The van der Waals surface area contributed by atoms with Gasteiger partial charge in [-0.2, -0.15) is 0 Å². The van der Waals surface area contributed by atoms with E-state index in [1.807, 2.05) is 66.7 Å². The highest BCUT2D eigenvalue weighted by Crippen LogP contribution is 2.32. The van der Waals surface area contributed by atoms with E-state index in [4.69, 9.17) is 16.2 Å². The van der Waals surface area contributed by atoms with Crippen LogP contribution in [0.5, 0.6) is 11.5 Å². The number of primary amides is 1. The molecule has 5 N–H and O–H groups in total. The second-order valence-electron chi connectivity index (χ2n) is 6.65. The van der Waals surface area contributed by atoms with Crippen LogP contribution in [0.1, 0.15) is 10.4 Å². The van der Waals surface area contributed by atoms with Crippen molar-refractivity contribution in [2.75, 3.05) is 5.73 Å². The van der Waals surface area contributed by atoms with Crippen LogP contribution in [0.25, 0.3) is 27.9 Å². The molecule has 7 heteroatoms. The van der Waals surface area contributed by atoms with E-state index < -0.39 is 5.91 Å². The molecule has 142 valence electrons. The Hall–Kier alpha value is -4.26. The Morgan fingerprint density at radius 3 is 2.38 bits per heavy atom. The summed E-state index contributed by atoms with van der Waals surface area (Å²) >= 11 is 0. The number of fused-ring (bicyclic) bond motifs is 3. The molecule has 3 aromatic carbocycles. The van der Waals surface area contributed by atoms with Gasteiger partial charge < -0.3 is 16.2 Å². The zero-order valence-electron chi connectivity index (χ0n) is 15.3. The SMILES string of the molecule is NC(=O)c1c(-c2ccc(Oc3ccccc3)cc2)[nH]n2c1nc1cccc(N)c12. The molecule has 5 rings (SSSR count). The number of carbonyl (C=O) groups excluding carboxylic acids is 1. The molecule has 7 nitrogen and oxygen atoms in total. The van der Waals surface area contributed by atoms with E-state index in [2.05, 4.69) is 10.1 Å². The van der Waals surface area contributed by atoms with Crippen LogP contribution in [0.2, 0.25) is 0 Å². The van der Waals surface area contributed by atoms with Crippen molar-refractivity contribution in [3.8, 4) is 22.8 Å². The summed E-state index contributed by atoms with van der Waals surface area (Å²) in [6.07, 6.45) is 0. The van der Waals surface area contributed by atoms with E-state index in [0.717, 1.165) is 11.3 Å². The van der Waals surface area contributed by atoms with Crippen LogP contribution in [-0.2, 0) is 0 Å². The number of hydrogen-bond donors (Lipinski definition) is 3. The molecule has 0 aliphatic rings. The van der Waals surface area contributed by atoms with Gasteiger partial charge in [-0.25, -0.2) is 9.50 Å². The van der Waals surface area contributed by atoms with Gasteiger partial charge in [0.1, 0.15) is 22.6 Å². The quantitative estimate of drug-likeness (QED) is 0.408. The van der Waals surface area contributed by atoms with E-state index in [1.165, 1.54) is 0 Å². The molecule has 0 atom stereocenters. The minimum Gasteiger partial charge on any atom is -0.457 e. The van der Waals surface area contributed by atoms with Crippen LogP contribution < -0.4 is 16.2 Å². The largest absolute Gasteiger partial charge is 0.457 e. The minimum absolute atomic E-state index is 0.317. The van der Waals surface area contributed by atoms with Crippen molar-refractivity contribution < 1.29 is 9.53 Å². The molecular formula is C22H17N5O2. The maximum absolute atomic E-state index is 12.2. The summed E-state index contributed by atoms with van der Waals surface area (Å²) in [6.45, 7) is 0. The molecule has 0 saturated heterocycles. The third kappa shape index (κ3) is 2.76. The van der Waals surface area contributed by atoms with Gasteiger partial charge in [-0.1, -0.05) is 24.3 Å². The number of ether oxygens (including phenoxy) is 1. The fourth-order valence-electron chi connectivity index (χ4n) is 3.47. The lowest BCUT2D eigenvalue weighted by Gasteiger charge is -2.07. The van der Waals surface area contributed by atoms with E-state index in [0.29, 0.717) is 39.4 Å². The Morgan fingerprint density at radius 2 is 1.66 bits per heavy atom. The first-order chi connectivity index (χ1) is 14.1. The number of amides is 1. The second-order valence-corrected chi connectivity index (χ2v) is 6.65. The predicted octanol–water partition coefficient (Wildman–Crippen LogP) is 3.96. The summed E-state index contributed by atoms with van der Waals surface area (Å²) in [5, 5.41) is 3.23. The molecule has 0 unspecified atom stereocenters. The molecule has 0 saturated carbocycles. The van der Waals surface area contributed by atoms with Crippen LogP contribution in [0.15, 0.2) is 72.8 Å². The molecule has 1 amide bonds. The predicted molar refractivity (Wildman–Crippen MR) is 112 cm³/mol.